The normalized spacial score (nSPS) is 13.8. The molecular weight excluding hydrogens is 327 g/mol. The predicted molar refractivity (Wildman–Crippen MR) is 70.6 cm³/mol. The molecule has 6 nitrogen and oxygen atoms in total. The summed E-state index contributed by atoms with van der Waals surface area (Å²) < 4.78 is 65.1. The molecule has 1 aromatic rings. The van der Waals surface area contributed by atoms with Crippen molar-refractivity contribution >= 4 is 16.0 Å². The van der Waals surface area contributed by atoms with Crippen molar-refractivity contribution in [3.63, 3.8) is 0 Å². The zero-order valence-corrected chi connectivity index (χ0v) is 12.0. The summed E-state index contributed by atoms with van der Waals surface area (Å²) in [7, 11) is -4.11. The minimum Gasteiger partial charge on any atom is -0.480 e. The lowest BCUT2D eigenvalue weighted by Crippen LogP contribution is -2.36. The van der Waals surface area contributed by atoms with Gasteiger partial charge in [0.05, 0.1) is 12.4 Å². The van der Waals surface area contributed by atoms with Crippen molar-refractivity contribution in [3.05, 3.63) is 35.9 Å². The number of carboxylic acid groups (broad SMARTS) is 1. The first-order chi connectivity index (χ1) is 10.1. The Morgan fingerprint density at radius 2 is 1.86 bits per heavy atom. The van der Waals surface area contributed by atoms with Crippen molar-refractivity contribution in [1.82, 2.24) is 4.72 Å². The number of aliphatic carboxylic acids is 1. The fraction of sp³-hybridized carbons (Fsp3) is 0.417. The number of sulfonamides is 1. The molecule has 0 radical (unpaired) electrons. The van der Waals surface area contributed by atoms with E-state index in [0.717, 1.165) is 0 Å². The Hall–Kier alpha value is -1.65. The van der Waals surface area contributed by atoms with Crippen LogP contribution < -0.4 is 4.72 Å². The fourth-order valence-corrected chi connectivity index (χ4v) is 2.55. The average molecular weight is 341 g/mol. The van der Waals surface area contributed by atoms with E-state index in [9.17, 15) is 26.4 Å². The number of rotatable bonds is 8. The number of nitrogens with one attached hydrogen (secondary N) is 1. The van der Waals surface area contributed by atoms with Crippen LogP contribution in [0.3, 0.4) is 0 Å². The van der Waals surface area contributed by atoms with Crippen molar-refractivity contribution in [1.29, 1.82) is 0 Å². The second-order valence-electron chi connectivity index (χ2n) is 4.29. The van der Waals surface area contributed by atoms with Gasteiger partial charge in [0.15, 0.2) is 0 Å². The summed E-state index contributed by atoms with van der Waals surface area (Å²) in [5.41, 5.74) is 0.204. The van der Waals surface area contributed by atoms with Crippen LogP contribution in [0.1, 0.15) is 11.6 Å². The van der Waals surface area contributed by atoms with Gasteiger partial charge in [0.25, 0.3) is 0 Å². The van der Waals surface area contributed by atoms with E-state index in [1.807, 2.05) is 4.72 Å². The second kappa shape index (κ2) is 7.56. The Balaban J connectivity index is 2.63. The first-order valence-electron chi connectivity index (χ1n) is 6.03. The van der Waals surface area contributed by atoms with Gasteiger partial charge in [-0.25, -0.2) is 8.42 Å². The van der Waals surface area contributed by atoms with Crippen LogP contribution in [0.2, 0.25) is 0 Å². The van der Waals surface area contributed by atoms with E-state index in [4.69, 9.17) is 5.11 Å². The van der Waals surface area contributed by atoms with Crippen LogP contribution in [-0.4, -0.2) is 44.6 Å². The number of hydrogen-bond donors (Lipinski definition) is 2. The van der Waals surface area contributed by atoms with Crippen LogP contribution in [0.5, 0.6) is 0 Å². The molecule has 1 aromatic carbocycles. The SMILES string of the molecule is O=C(O)[C@@H](NS(=O)(=O)CCOCC(F)(F)F)c1ccccc1. The molecule has 1 atom stereocenters. The molecule has 10 heteroatoms. The van der Waals surface area contributed by atoms with Crippen molar-refractivity contribution in [2.75, 3.05) is 19.0 Å². The maximum Gasteiger partial charge on any atom is 0.411 e. The Labute approximate surface area is 124 Å². The van der Waals surface area contributed by atoms with E-state index in [2.05, 4.69) is 4.74 Å². The molecule has 0 aliphatic heterocycles. The highest BCUT2D eigenvalue weighted by Gasteiger charge is 2.28. The summed E-state index contributed by atoms with van der Waals surface area (Å²) in [5.74, 6) is -2.20. The molecule has 0 aliphatic carbocycles. The van der Waals surface area contributed by atoms with Crippen LogP contribution in [0.15, 0.2) is 30.3 Å². The summed E-state index contributed by atoms with van der Waals surface area (Å²) in [6.45, 7) is -2.26. The molecule has 0 bridgehead atoms. The number of halogens is 3. The smallest absolute Gasteiger partial charge is 0.411 e. The van der Waals surface area contributed by atoms with E-state index in [1.54, 1.807) is 6.07 Å². The number of alkyl halides is 3. The van der Waals surface area contributed by atoms with Crippen LogP contribution >= 0.6 is 0 Å². The van der Waals surface area contributed by atoms with Gasteiger partial charge in [-0.1, -0.05) is 30.3 Å². The van der Waals surface area contributed by atoms with E-state index in [1.165, 1.54) is 24.3 Å². The third kappa shape index (κ3) is 6.87. The standard InChI is InChI=1S/C12H14F3NO5S/c13-12(14,15)8-21-6-7-22(19,20)16-10(11(17)18)9-4-2-1-3-5-9/h1-5,10,16H,6-8H2,(H,17,18)/t10-/m0/s1. The molecule has 22 heavy (non-hydrogen) atoms. The Morgan fingerprint density at radius 3 is 2.36 bits per heavy atom. The maximum absolute atomic E-state index is 11.8. The Bertz CT molecular complexity index is 589. The van der Waals surface area contributed by atoms with Crippen molar-refractivity contribution < 1.29 is 36.2 Å². The molecule has 124 valence electrons. The zero-order chi connectivity index (χ0) is 16.8. The lowest BCUT2D eigenvalue weighted by atomic mass is 10.1. The third-order valence-corrected chi connectivity index (χ3v) is 3.74. The number of benzene rings is 1. The fourth-order valence-electron chi connectivity index (χ4n) is 1.50. The number of ether oxygens (including phenoxy) is 1. The minimum absolute atomic E-state index is 0.204. The molecule has 0 aromatic heterocycles. The summed E-state index contributed by atoms with van der Waals surface area (Å²) in [4.78, 5) is 11.1. The Morgan fingerprint density at radius 1 is 1.27 bits per heavy atom. The number of carbonyl (C=O) groups is 1. The quantitative estimate of drug-likeness (QED) is 0.696. The van der Waals surface area contributed by atoms with E-state index >= 15 is 0 Å². The largest absolute Gasteiger partial charge is 0.480 e. The summed E-state index contributed by atoms with van der Waals surface area (Å²) in [6, 6.07) is 6.01. The number of carboxylic acids is 1. The van der Waals surface area contributed by atoms with Gasteiger partial charge in [-0.05, 0) is 5.56 Å². The first-order valence-corrected chi connectivity index (χ1v) is 7.68. The van der Waals surface area contributed by atoms with Crippen LogP contribution in [0.4, 0.5) is 13.2 Å². The van der Waals surface area contributed by atoms with Crippen molar-refractivity contribution in [2.45, 2.75) is 12.2 Å². The maximum atomic E-state index is 11.8. The minimum atomic E-state index is -4.55. The monoisotopic (exact) mass is 341 g/mol. The van der Waals surface area contributed by atoms with Gasteiger partial charge in [0, 0.05) is 0 Å². The van der Waals surface area contributed by atoms with Crippen LogP contribution in [-0.2, 0) is 19.6 Å². The molecule has 0 saturated heterocycles. The number of hydrogen-bond acceptors (Lipinski definition) is 4. The van der Waals surface area contributed by atoms with Gasteiger partial charge in [-0.3, -0.25) is 4.79 Å². The molecule has 0 heterocycles. The summed E-state index contributed by atoms with van der Waals surface area (Å²) >= 11 is 0. The average Bonchev–Trinajstić information content (AvgIpc) is 2.41. The second-order valence-corrected chi connectivity index (χ2v) is 6.16. The molecule has 2 N–H and O–H groups in total. The van der Waals surface area contributed by atoms with Gasteiger partial charge in [-0.15, -0.1) is 0 Å². The topological polar surface area (TPSA) is 92.7 Å². The van der Waals surface area contributed by atoms with Crippen LogP contribution in [0, 0.1) is 0 Å². The van der Waals surface area contributed by atoms with Crippen LogP contribution in [0.25, 0.3) is 0 Å². The van der Waals surface area contributed by atoms with E-state index in [-0.39, 0.29) is 5.56 Å². The molecular formula is C12H14F3NO5S. The molecule has 0 aliphatic rings. The zero-order valence-electron chi connectivity index (χ0n) is 11.2. The Kier molecular flexibility index (Phi) is 6.33. The molecule has 0 saturated carbocycles. The predicted octanol–water partition coefficient (Wildman–Crippen LogP) is 1.31. The molecule has 1 rings (SSSR count). The van der Waals surface area contributed by atoms with Gasteiger partial charge >= 0.3 is 12.1 Å². The molecule has 0 spiro atoms. The molecule has 0 amide bonds. The van der Waals surface area contributed by atoms with E-state index in [0.29, 0.717) is 0 Å². The molecule has 0 unspecified atom stereocenters. The van der Waals surface area contributed by atoms with Gasteiger partial charge < -0.3 is 9.84 Å². The summed E-state index contributed by atoms with van der Waals surface area (Å²) in [5, 5.41) is 9.06. The van der Waals surface area contributed by atoms with Gasteiger partial charge in [-0.2, -0.15) is 17.9 Å². The van der Waals surface area contributed by atoms with Crippen molar-refractivity contribution in [2.24, 2.45) is 0 Å². The van der Waals surface area contributed by atoms with E-state index < -0.39 is 47.2 Å². The highest BCUT2D eigenvalue weighted by atomic mass is 32.2. The van der Waals surface area contributed by atoms with Gasteiger partial charge in [0.2, 0.25) is 10.0 Å². The summed E-state index contributed by atoms with van der Waals surface area (Å²) in [6.07, 6.45) is -4.55. The highest BCUT2D eigenvalue weighted by molar-refractivity contribution is 7.89. The highest BCUT2D eigenvalue weighted by Crippen LogP contribution is 2.15. The van der Waals surface area contributed by atoms with Gasteiger partial charge in [0.1, 0.15) is 12.6 Å². The lowest BCUT2D eigenvalue weighted by Gasteiger charge is -2.15. The molecule has 0 fully saturated rings. The third-order valence-electron chi connectivity index (χ3n) is 2.44. The van der Waals surface area contributed by atoms with Crippen molar-refractivity contribution in [3.8, 4) is 0 Å². The first kappa shape index (κ1) is 18.4. The lowest BCUT2D eigenvalue weighted by molar-refractivity contribution is -0.172.